The first-order valence-corrected chi connectivity index (χ1v) is 6.62. The van der Waals surface area contributed by atoms with Crippen LogP contribution in [0.4, 0.5) is 0 Å². The molecule has 2 heterocycles. The zero-order chi connectivity index (χ0) is 14.0. The van der Waals surface area contributed by atoms with E-state index in [0.29, 0.717) is 0 Å². The van der Waals surface area contributed by atoms with Crippen molar-refractivity contribution in [2.24, 2.45) is 0 Å². The van der Waals surface area contributed by atoms with Gasteiger partial charge in [0.05, 0.1) is 11.4 Å². The minimum Gasteiger partial charge on any atom is -0.361 e. The highest BCUT2D eigenvalue weighted by molar-refractivity contribution is 5.26. The molecule has 0 bridgehead atoms. The summed E-state index contributed by atoms with van der Waals surface area (Å²) in [5.41, 5.74) is 4.19. The largest absolute Gasteiger partial charge is 0.361 e. The Bertz CT molecular complexity index is 518. The lowest BCUT2D eigenvalue weighted by Gasteiger charge is -2.16. The molecule has 1 atom stereocenters. The minimum absolute atomic E-state index is 0.236. The Hall–Kier alpha value is -1.62. The average Bonchev–Trinajstić information content (AvgIpc) is 2.87. The molecule has 0 saturated carbocycles. The SMILES string of the molecule is CC[C@H](NCc1c(C)noc1C)c1c(C)noc1C. The number of aryl methyl sites for hydroxylation is 4. The van der Waals surface area contributed by atoms with Crippen LogP contribution >= 0.6 is 0 Å². The second kappa shape index (κ2) is 5.57. The van der Waals surface area contributed by atoms with Gasteiger partial charge in [-0.2, -0.15) is 0 Å². The third kappa shape index (κ3) is 2.71. The van der Waals surface area contributed by atoms with Crippen LogP contribution in [-0.2, 0) is 6.54 Å². The molecule has 5 nitrogen and oxygen atoms in total. The molecule has 19 heavy (non-hydrogen) atoms. The maximum absolute atomic E-state index is 5.24. The van der Waals surface area contributed by atoms with E-state index in [0.717, 1.165) is 47.0 Å². The quantitative estimate of drug-likeness (QED) is 0.897. The molecule has 0 aromatic carbocycles. The Morgan fingerprint density at radius 3 is 2.11 bits per heavy atom. The first-order valence-electron chi connectivity index (χ1n) is 6.62. The fraction of sp³-hybridized carbons (Fsp3) is 0.571. The maximum atomic E-state index is 5.24. The van der Waals surface area contributed by atoms with Crippen molar-refractivity contribution in [3.05, 3.63) is 34.0 Å². The van der Waals surface area contributed by atoms with Crippen LogP contribution in [0, 0.1) is 27.7 Å². The van der Waals surface area contributed by atoms with Crippen molar-refractivity contribution in [1.82, 2.24) is 15.6 Å². The number of nitrogens with one attached hydrogen (secondary N) is 1. The molecule has 0 fully saturated rings. The fourth-order valence-corrected chi connectivity index (χ4v) is 2.42. The van der Waals surface area contributed by atoms with Crippen LogP contribution in [0.3, 0.4) is 0 Å². The van der Waals surface area contributed by atoms with E-state index >= 15 is 0 Å². The summed E-state index contributed by atoms with van der Waals surface area (Å²) in [6, 6.07) is 0.236. The Morgan fingerprint density at radius 1 is 1.00 bits per heavy atom. The molecule has 0 amide bonds. The van der Waals surface area contributed by atoms with Gasteiger partial charge in [-0.05, 0) is 34.1 Å². The first-order chi connectivity index (χ1) is 9.04. The summed E-state index contributed by atoms with van der Waals surface area (Å²) in [7, 11) is 0. The number of rotatable bonds is 5. The first kappa shape index (κ1) is 13.8. The van der Waals surface area contributed by atoms with Crippen LogP contribution < -0.4 is 5.32 Å². The number of nitrogens with zero attached hydrogens (tertiary/aromatic N) is 2. The second-order valence-corrected chi connectivity index (χ2v) is 4.88. The lowest BCUT2D eigenvalue weighted by molar-refractivity contribution is 0.388. The number of hydrogen-bond acceptors (Lipinski definition) is 5. The summed E-state index contributed by atoms with van der Waals surface area (Å²) in [5, 5.41) is 11.5. The molecule has 104 valence electrons. The van der Waals surface area contributed by atoms with E-state index in [1.165, 1.54) is 0 Å². The van der Waals surface area contributed by atoms with Crippen molar-refractivity contribution in [3.63, 3.8) is 0 Å². The van der Waals surface area contributed by atoms with Crippen molar-refractivity contribution in [3.8, 4) is 0 Å². The number of aromatic nitrogens is 2. The molecule has 5 heteroatoms. The van der Waals surface area contributed by atoms with Crippen LogP contribution in [0.25, 0.3) is 0 Å². The molecule has 0 saturated heterocycles. The van der Waals surface area contributed by atoms with Gasteiger partial charge in [0, 0.05) is 23.7 Å². The zero-order valence-electron chi connectivity index (χ0n) is 12.2. The van der Waals surface area contributed by atoms with Gasteiger partial charge in [-0.25, -0.2) is 0 Å². The molecule has 0 unspecified atom stereocenters. The zero-order valence-corrected chi connectivity index (χ0v) is 12.2. The molecule has 1 N–H and O–H groups in total. The Morgan fingerprint density at radius 2 is 1.63 bits per heavy atom. The predicted molar refractivity (Wildman–Crippen MR) is 71.8 cm³/mol. The lowest BCUT2D eigenvalue weighted by atomic mass is 10.0. The second-order valence-electron chi connectivity index (χ2n) is 4.88. The predicted octanol–water partition coefficient (Wildman–Crippen LogP) is 3.14. The van der Waals surface area contributed by atoms with Gasteiger partial charge in [-0.1, -0.05) is 17.2 Å². The van der Waals surface area contributed by atoms with Gasteiger partial charge in [-0.3, -0.25) is 0 Å². The van der Waals surface area contributed by atoms with Crippen LogP contribution in [-0.4, -0.2) is 10.3 Å². The van der Waals surface area contributed by atoms with E-state index in [1.807, 2.05) is 27.7 Å². The van der Waals surface area contributed by atoms with Gasteiger partial charge >= 0.3 is 0 Å². The van der Waals surface area contributed by atoms with Crippen LogP contribution in [0.5, 0.6) is 0 Å². The fourth-order valence-electron chi connectivity index (χ4n) is 2.42. The Kier molecular flexibility index (Phi) is 4.04. The summed E-state index contributed by atoms with van der Waals surface area (Å²) < 4.78 is 10.4. The maximum Gasteiger partial charge on any atom is 0.138 e. The Labute approximate surface area is 113 Å². The van der Waals surface area contributed by atoms with Crippen molar-refractivity contribution < 1.29 is 9.05 Å². The molecule has 0 aliphatic heterocycles. The highest BCUT2D eigenvalue weighted by Crippen LogP contribution is 2.24. The van der Waals surface area contributed by atoms with E-state index < -0.39 is 0 Å². The molecule has 0 aliphatic rings. The third-order valence-electron chi connectivity index (χ3n) is 3.55. The number of hydrogen-bond donors (Lipinski definition) is 1. The van der Waals surface area contributed by atoms with E-state index in [4.69, 9.17) is 9.05 Å². The molecule has 0 aliphatic carbocycles. The van der Waals surface area contributed by atoms with Crippen LogP contribution in [0.15, 0.2) is 9.05 Å². The highest BCUT2D eigenvalue weighted by atomic mass is 16.5. The van der Waals surface area contributed by atoms with E-state index in [2.05, 4.69) is 22.6 Å². The van der Waals surface area contributed by atoms with Gasteiger partial charge in [-0.15, -0.1) is 0 Å². The minimum atomic E-state index is 0.236. The van der Waals surface area contributed by atoms with E-state index in [-0.39, 0.29) is 6.04 Å². The summed E-state index contributed by atoms with van der Waals surface area (Å²) in [4.78, 5) is 0. The summed E-state index contributed by atoms with van der Waals surface area (Å²) >= 11 is 0. The topological polar surface area (TPSA) is 64.1 Å². The molecular formula is C14H21N3O2. The lowest BCUT2D eigenvalue weighted by Crippen LogP contribution is -2.21. The normalized spacial score (nSPS) is 12.9. The van der Waals surface area contributed by atoms with Gasteiger partial charge in [0.15, 0.2) is 0 Å². The molecular weight excluding hydrogens is 242 g/mol. The van der Waals surface area contributed by atoms with Crippen molar-refractivity contribution in [1.29, 1.82) is 0 Å². The van der Waals surface area contributed by atoms with Crippen LogP contribution in [0.1, 0.15) is 53.4 Å². The molecule has 2 rings (SSSR count). The summed E-state index contributed by atoms with van der Waals surface area (Å²) in [5.74, 6) is 1.76. The summed E-state index contributed by atoms with van der Waals surface area (Å²) in [6.45, 7) is 10.7. The van der Waals surface area contributed by atoms with Crippen molar-refractivity contribution >= 4 is 0 Å². The van der Waals surface area contributed by atoms with Gasteiger partial charge < -0.3 is 14.4 Å². The van der Waals surface area contributed by atoms with Gasteiger partial charge in [0.1, 0.15) is 11.5 Å². The molecule has 0 spiro atoms. The van der Waals surface area contributed by atoms with Crippen LogP contribution in [0.2, 0.25) is 0 Å². The smallest absolute Gasteiger partial charge is 0.138 e. The average molecular weight is 263 g/mol. The highest BCUT2D eigenvalue weighted by Gasteiger charge is 2.19. The molecule has 2 aromatic rings. The van der Waals surface area contributed by atoms with Gasteiger partial charge in [0.25, 0.3) is 0 Å². The van der Waals surface area contributed by atoms with Crippen molar-refractivity contribution in [2.45, 2.75) is 53.6 Å². The summed E-state index contributed by atoms with van der Waals surface area (Å²) in [6.07, 6.45) is 0.978. The molecule has 2 aromatic heterocycles. The van der Waals surface area contributed by atoms with E-state index in [9.17, 15) is 0 Å². The standard InChI is InChI=1S/C14H21N3O2/c1-6-13(14-9(3)17-19-11(14)5)15-7-12-8(2)16-18-10(12)4/h13,15H,6-7H2,1-5H3/t13-/m0/s1. The van der Waals surface area contributed by atoms with Crippen molar-refractivity contribution in [2.75, 3.05) is 0 Å². The Balaban J connectivity index is 2.13. The van der Waals surface area contributed by atoms with Gasteiger partial charge in [0.2, 0.25) is 0 Å². The van der Waals surface area contributed by atoms with E-state index in [1.54, 1.807) is 0 Å². The molecule has 0 radical (unpaired) electrons. The monoisotopic (exact) mass is 263 g/mol. The third-order valence-corrected chi connectivity index (χ3v) is 3.55.